The number of hydrazone groups is 1. The van der Waals surface area contributed by atoms with Gasteiger partial charge >= 0.3 is 0 Å². The van der Waals surface area contributed by atoms with Crippen LogP contribution in [0, 0.1) is 46.1 Å². The van der Waals surface area contributed by atoms with Crippen LogP contribution in [0.2, 0.25) is 0 Å². The smallest absolute Gasteiger partial charge is 0.200 e. The molecular formula is C22H10F7N3. The van der Waals surface area contributed by atoms with Crippen LogP contribution < -0.4 is 5.01 Å². The SMILES string of the molecule is N=C1/C(=C/c2ccc(F)cc2)C(c2ccc(F)cc2)=NN1c1c(F)c(F)c(F)c(F)c1F. The van der Waals surface area contributed by atoms with E-state index in [-0.39, 0.29) is 21.9 Å². The molecule has 0 atom stereocenters. The fraction of sp³-hybridized carbons (Fsp3) is 0. The standard InChI is InChI=1S/C22H10F7N3/c23-12-5-1-10(2-6-12)9-14-20(11-3-7-13(24)8-4-11)31-32(22(14)30)21-18(28)16(26)15(25)17(27)19(21)29/h1-9,30H/b14-9+,30-22?. The fourth-order valence-electron chi connectivity index (χ4n) is 3.05. The summed E-state index contributed by atoms with van der Waals surface area (Å²) in [5.41, 5.74) is -1.04. The molecule has 0 aliphatic carbocycles. The molecule has 3 nitrogen and oxygen atoms in total. The molecule has 0 amide bonds. The lowest BCUT2D eigenvalue weighted by molar-refractivity contribution is 0.380. The molecule has 4 rings (SSSR count). The van der Waals surface area contributed by atoms with Gasteiger partial charge in [0.25, 0.3) is 0 Å². The van der Waals surface area contributed by atoms with Gasteiger partial charge in [-0.1, -0.05) is 12.1 Å². The largest absolute Gasteiger partial charge is 0.282 e. The van der Waals surface area contributed by atoms with Gasteiger partial charge in [0.05, 0.1) is 0 Å². The van der Waals surface area contributed by atoms with E-state index in [4.69, 9.17) is 5.41 Å². The first kappa shape index (κ1) is 21.3. The van der Waals surface area contributed by atoms with Crippen molar-refractivity contribution in [2.45, 2.75) is 0 Å². The summed E-state index contributed by atoms with van der Waals surface area (Å²) in [7, 11) is 0. The van der Waals surface area contributed by atoms with Crippen molar-refractivity contribution in [3.63, 3.8) is 0 Å². The van der Waals surface area contributed by atoms with E-state index in [1.165, 1.54) is 30.3 Å². The molecule has 0 radical (unpaired) electrons. The van der Waals surface area contributed by atoms with Gasteiger partial charge in [0.1, 0.15) is 23.0 Å². The summed E-state index contributed by atoms with van der Waals surface area (Å²) in [5.74, 6) is -12.9. The minimum absolute atomic E-state index is 0.0767. The number of benzene rings is 3. The van der Waals surface area contributed by atoms with E-state index in [2.05, 4.69) is 5.10 Å². The van der Waals surface area contributed by atoms with Gasteiger partial charge in [0.2, 0.25) is 5.82 Å². The fourth-order valence-corrected chi connectivity index (χ4v) is 3.05. The first-order chi connectivity index (χ1) is 15.2. The van der Waals surface area contributed by atoms with Crippen LogP contribution in [0.1, 0.15) is 11.1 Å². The van der Waals surface area contributed by atoms with Crippen molar-refractivity contribution in [1.82, 2.24) is 0 Å². The van der Waals surface area contributed by atoms with Crippen molar-refractivity contribution in [2.24, 2.45) is 5.10 Å². The van der Waals surface area contributed by atoms with Gasteiger partial charge in [-0.2, -0.15) is 5.10 Å². The third-order valence-electron chi connectivity index (χ3n) is 4.62. The Balaban J connectivity index is 1.92. The molecule has 10 heteroatoms. The maximum Gasteiger partial charge on any atom is 0.200 e. The molecule has 32 heavy (non-hydrogen) atoms. The highest BCUT2D eigenvalue weighted by Gasteiger charge is 2.36. The van der Waals surface area contributed by atoms with Crippen molar-refractivity contribution in [2.75, 3.05) is 5.01 Å². The van der Waals surface area contributed by atoms with Crippen molar-refractivity contribution in [3.05, 3.63) is 106 Å². The second-order valence-corrected chi connectivity index (χ2v) is 6.64. The number of rotatable bonds is 3. The second kappa shape index (κ2) is 7.95. The monoisotopic (exact) mass is 449 g/mol. The minimum atomic E-state index is -2.35. The Bertz CT molecular complexity index is 1270. The summed E-state index contributed by atoms with van der Waals surface area (Å²) in [5, 5.41) is 12.5. The zero-order valence-corrected chi connectivity index (χ0v) is 15.7. The highest BCUT2D eigenvalue weighted by Crippen LogP contribution is 2.35. The number of nitrogens with zero attached hydrogens (tertiary/aromatic N) is 2. The number of amidine groups is 1. The maximum atomic E-state index is 14.4. The Morgan fingerprint density at radius 2 is 1.12 bits per heavy atom. The molecule has 0 saturated carbocycles. The van der Waals surface area contributed by atoms with Crippen LogP contribution in [0.5, 0.6) is 0 Å². The summed E-state index contributed by atoms with van der Waals surface area (Å²) in [6.07, 6.45) is 1.32. The van der Waals surface area contributed by atoms with Crippen LogP contribution in [0.15, 0.2) is 59.2 Å². The lowest BCUT2D eigenvalue weighted by Crippen LogP contribution is -2.24. The minimum Gasteiger partial charge on any atom is -0.282 e. The van der Waals surface area contributed by atoms with Crippen LogP contribution in [0.3, 0.4) is 0 Å². The Hall–Kier alpha value is -3.95. The van der Waals surface area contributed by atoms with Crippen molar-refractivity contribution in [1.29, 1.82) is 5.41 Å². The number of halogens is 7. The Kier molecular flexibility index (Phi) is 5.29. The number of hydrogen-bond donors (Lipinski definition) is 1. The van der Waals surface area contributed by atoms with Crippen LogP contribution in [0.4, 0.5) is 36.4 Å². The molecule has 1 aliphatic heterocycles. The summed E-state index contributed by atoms with van der Waals surface area (Å²) >= 11 is 0. The Labute approximate surface area is 176 Å². The van der Waals surface area contributed by atoms with Gasteiger partial charge in [0.15, 0.2) is 29.1 Å². The normalized spacial score (nSPS) is 15.0. The molecule has 0 bridgehead atoms. The molecule has 0 aromatic heterocycles. The zero-order valence-electron chi connectivity index (χ0n) is 15.7. The topological polar surface area (TPSA) is 39.5 Å². The number of hydrogen-bond acceptors (Lipinski definition) is 2. The highest BCUT2D eigenvalue weighted by atomic mass is 19.2. The molecule has 1 aliphatic rings. The molecule has 1 N–H and O–H groups in total. The molecule has 0 saturated heterocycles. The molecule has 162 valence electrons. The highest BCUT2D eigenvalue weighted by molar-refractivity contribution is 6.38. The van der Waals surface area contributed by atoms with E-state index in [9.17, 15) is 30.7 Å². The molecule has 3 aromatic rings. The van der Waals surface area contributed by atoms with Crippen molar-refractivity contribution >= 4 is 23.3 Å². The van der Waals surface area contributed by atoms with Crippen LogP contribution >= 0.6 is 0 Å². The molecule has 1 heterocycles. The van der Waals surface area contributed by atoms with Gasteiger partial charge in [-0.05, 0) is 48.0 Å². The molecule has 0 fully saturated rings. The first-order valence-electron chi connectivity index (χ1n) is 8.91. The third kappa shape index (κ3) is 3.53. The van der Waals surface area contributed by atoms with Crippen molar-refractivity contribution < 1.29 is 30.7 Å². The van der Waals surface area contributed by atoms with Crippen molar-refractivity contribution in [3.8, 4) is 0 Å². The van der Waals surface area contributed by atoms with Gasteiger partial charge in [0, 0.05) is 11.1 Å². The second-order valence-electron chi connectivity index (χ2n) is 6.64. The van der Waals surface area contributed by atoms with Gasteiger partial charge in [-0.15, -0.1) is 0 Å². The van der Waals surface area contributed by atoms with E-state index in [0.717, 1.165) is 24.3 Å². The Morgan fingerprint density at radius 1 is 0.656 bits per heavy atom. The van der Waals surface area contributed by atoms with E-state index in [1.54, 1.807) is 0 Å². The molecule has 0 unspecified atom stereocenters. The van der Waals surface area contributed by atoms with Crippen LogP contribution in [-0.4, -0.2) is 11.5 Å². The average molecular weight is 449 g/mol. The third-order valence-corrected chi connectivity index (χ3v) is 4.62. The predicted octanol–water partition coefficient (Wildman–Crippen LogP) is 5.95. The van der Waals surface area contributed by atoms with Crippen LogP contribution in [-0.2, 0) is 0 Å². The quantitative estimate of drug-likeness (QED) is 0.300. The Morgan fingerprint density at radius 3 is 1.66 bits per heavy atom. The zero-order chi connectivity index (χ0) is 23.2. The average Bonchev–Trinajstić information content (AvgIpc) is 3.09. The van der Waals surface area contributed by atoms with Crippen LogP contribution in [0.25, 0.3) is 6.08 Å². The summed E-state index contributed by atoms with van der Waals surface area (Å²) in [6.45, 7) is 0. The summed E-state index contributed by atoms with van der Waals surface area (Å²) in [4.78, 5) is 0. The molecule has 0 spiro atoms. The predicted molar refractivity (Wildman–Crippen MR) is 104 cm³/mol. The van der Waals surface area contributed by atoms with Gasteiger partial charge in [-0.3, -0.25) is 5.41 Å². The maximum absolute atomic E-state index is 14.4. The summed E-state index contributed by atoms with van der Waals surface area (Å²) in [6, 6.07) is 9.61. The first-order valence-corrected chi connectivity index (χ1v) is 8.91. The number of nitrogens with one attached hydrogen (secondary N) is 1. The van der Waals surface area contributed by atoms with E-state index < -0.39 is 52.2 Å². The summed E-state index contributed by atoms with van der Waals surface area (Å²) < 4.78 is 96.2. The lowest BCUT2D eigenvalue weighted by Gasteiger charge is -2.16. The van der Waals surface area contributed by atoms with Gasteiger partial charge in [-0.25, -0.2) is 35.7 Å². The lowest BCUT2D eigenvalue weighted by atomic mass is 10.00. The molecular weight excluding hydrogens is 439 g/mol. The van der Waals surface area contributed by atoms with E-state index in [1.807, 2.05) is 0 Å². The van der Waals surface area contributed by atoms with E-state index >= 15 is 0 Å². The number of anilines is 1. The van der Waals surface area contributed by atoms with Gasteiger partial charge < -0.3 is 0 Å². The van der Waals surface area contributed by atoms with E-state index in [0.29, 0.717) is 5.56 Å². The molecule has 3 aromatic carbocycles.